The van der Waals surface area contributed by atoms with Crippen molar-refractivity contribution in [3.05, 3.63) is 0 Å². The molecule has 0 unspecified atom stereocenters. The molecule has 0 aliphatic heterocycles. The van der Waals surface area contributed by atoms with Gasteiger partial charge < -0.3 is 10.0 Å². The van der Waals surface area contributed by atoms with Crippen molar-refractivity contribution < 1.29 is 24.0 Å². The van der Waals surface area contributed by atoms with Crippen molar-refractivity contribution >= 4 is 6.02 Å². The molecule has 0 aliphatic rings. The van der Waals surface area contributed by atoms with Gasteiger partial charge in [-0.05, 0) is 0 Å². The standard InChI is InChI=1S/C3H8N2O.Li/c1-5(2)3(4)6;/h1-2H3,(H2,4,6);/q;+1/p-1. The Bertz CT molecular complexity index is 64.0. The van der Waals surface area contributed by atoms with E-state index in [1.54, 1.807) is 0 Å². The summed E-state index contributed by atoms with van der Waals surface area (Å²) in [7, 11) is 3.07. The van der Waals surface area contributed by atoms with Crippen molar-refractivity contribution in [1.29, 1.82) is 5.41 Å². The molecular formula is C3H7LiN2O. The van der Waals surface area contributed by atoms with Crippen molar-refractivity contribution in [3.63, 3.8) is 0 Å². The maximum absolute atomic E-state index is 9.74. The third-order valence-electron chi connectivity index (χ3n) is 0.406. The minimum Gasteiger partial charge on any atom is -0.846 e. The Hall–Kier alpha value is -0.133. The van der Waals surface area contributed by atoms with Crippen LogP contribution in [0.15, 0.2) is 0 Å². The predicted molar refractivity (Wildman–Crippen MR) is 21.4 cm³/mol. The molecule has 0 saturated carbocycles. The van der Waals surface area contributed by atoms with Gasteiger partial charge in [0.1, 0.15) is 0 Å². The van der Waals surface area contributed by atoms with E-state index in [-0.39, 0.29) is 18.9 Å². The fourth-order valence-corrected chi connectivity index (χ4v) is 0. The molecule has 0 rings (SSSR count). The largest absolute Gasteiger partial charge is 1.00 e. The number of hydrogen-bond acceptors (Lipinski definition) is 2. The van der Waals surface area contributed by atoms with Crippen LogP contribution in [0.3, 0.4) is 0 Å². The smallest absolute Gasteiger partial charge is 0.846 e. The van der Waals surface area contributed by atoms with E-state index in [1.807, 2.05) is 0 Å². The molecule has 36 valence electrons. The molecule has 0 saturated heterocycles. The summed E-state index contributed by atoms with van der Waals surface area (Å²) in [6.45, 7) is 0. The van der Waals surface area contributed by atoms with E-state index >= 15 is 0 Å². The van der Waals surface area contributed by atoms with Gasteiger partial charge in [0.2, 0.25) is 0 Å². The molecule has 0 atom stereocenters. The Balaban J connectivity index is 0. The van der Waals surface area contributed by atoms with Crippen LogP contribution in [-0.4, -0.2) is 25.0 Å². The minimum absolute atomic E-state index is 0. The molecule has 1 N–H and O–H groups in total. The molecule has 4 heteroatoms. The first-order valence-electron chi connectivity index (χ1n) is 1.57. The fourth-order valence-electron chi connectivity index (χ4n) is 0. The van der Waals surface area contributed by atoms with Crippen molar-refractivity contribution in [2.75, 3.05) is 14.1 Å². The first-order valence-corrected chi connectivity index (χ1v) is 1.57. The molecular weight excluding hydrogens is 87.0 g/mol. The SMILES string of the molecule is CN(C)C(=N)[O-].[Li+]. The number of nitrogens with one attached hydrogen (secondary N) is 1. The maximum atomic E-state index is 9.74. The zero-order valence-electron chi connectivity index (χ0n) is 4.86. The first-order chi connectivity index (χ1) is 2.64. The van der Waals surface area contributed by atoms with Crippen LogP contribution in [0.1, 0.15) is 0 Å². The summed E-state index contributed by atoms with van der Waals surface area (Å²) in [5.41, 5.74) is 0. The van der Waals surface area contributed by atoms with Crippen LogP contribution in [0, 0.1) is 5.41 Å². The number of hydrogen-bond donors (Lipinski definition) is 1. The van der Waals surface area contributed by atoms with E-state index in [1.165, 1.54) is 19.0 Å². The summed E-state index contributed by atoms with van der Waals surface area (Å²) < 4.78 is 0. The van der Waals surface area contributed by atoms with Crippen LogP contribution in [0.5, 0.6) is 0 Å². The second kappa shape index (κ2) is 4.04. The second-order valence-electron chi connectivity index (χ2n) is 1.20. The van der Waals surface area contributed by atoms with Crippen LogP contribution in [0.2, 0.25) is 0 Å². The van der Waals surface area contributed by atoms with E-state index in [0.717, 1.165) is 0 Å². The molecule has 0 aromatic rings. The van der Waals surface area contributed by atoms with E-state index in [9.17, 15) is 5.11 Å². The minimum atomic E-state index is -0.657. The molecule has 0 aromatic carbocycles. The monoisotopic (exact) mass is 94.1 g/mol. The van der Waals surface area contributed by atoms with E-state index in [0.29, 0.717) is 0 Å². The molecule has 0 fully saturated rings. The summed E-state index contributed by atoms with van der Waals surface area (Å²) in [4.78, 5) is 1.19. The van der Waals surface area contributed by atoms with Crippen molar-refractivity contribution in [2.24, 2.45) is 0 Å². The summed E-state index contributed by atoms with van der Waals surface area (Å²) in [6.07, 6.45) is 0. The molecule has 0 bridgehead atoms. The van der Waals surface area contributed by atoms with Gasteiger partial charge in [-0.1, -0.05) is 0 Å². The summed E-state index contributed by atoms with van der Waals surface area (Å²) in [5, 5.41) is 16.1. The molecule has 0 spiro atoms. The number of amidine groups is 1. The van der Waals surface area contributed by atoms with Crippen molar-refractivity contribution in [2.45, 2.75) is 0 Å². The third-order valence-corrected chi connectivity index (χ3v) is 0.406. The van der Waals surface area contributed by atoms with Gasteiger partial charge in [0, 0.05) is 20.1 Å². The van der Waals surface area contributed by atoms with Crippen LogP contribution in [-0.2, 0) is 0 Å². The Morgan fingerprint density at radius 2 is 1.71 bits per heavy atom. The third kappa shape index (κ3) is 5.87. The molecule has 7 heavy (non-hydrogen) atoms. The predicted octanol–water partition coefficient (Wildman–Crippen LogP) is -4.15. The molecule has 0 amide bonds. The van der Waals surface area contributed by atoms with Gasteiger partial charge in [0.05, 0.1) is 0 Å². The average Bonchev–Trinajstić information content (AvgIpc) is 1.36. The second-order valence-corrected chi connectivity index (χ2v) is 1.20. The molecule has 0 aliphatic carbocycles. The van der Waals surface area contributed by atoms with Crippen molar-refractivity contribution in [3.8, 4) is 0 Å². The van der Waals surface area contributed by atoms with Crippen LogP contribution >= 0.6 is 0 Å². The van der Waals surface area contributed by atoms with E-state index < -0.39 is 6.02 Å². The van der Waals surface area contributed by atoms with Crippen LogP contribution < -0.4 is 24.0 Å². The molecule has 3 nitrogen and oxygen atoms in total. The average molecular weight is 94.0 g/mol. The number of nitrogens with zero attached hydrogens (tertiary/aromatic N) is 1. The van der Waals surface area contributed by atoms with Gasteiger partial charge in [0.25, 0.3) is 0 Å². The van der Waals surface area contributed by atoms with E-state index in [2.05, 4.69) is 0 Å². The maximum Gasteiger partial charge on any atom is 1.00 e. The molecule has 0 heterocycles. The Kier molecular flexibility index (Phi) is 5.76. The summed E-state index contributed by atoms with van der Waals surface area (Å²) >= 11 is 0. The van der Waals surface area contributed by atoms with Crippen molar-refractivity contribution in [1.82, 2.24) is 4.90 Å². The fraction of sp³-hybridized carbons (Fsp3) is 0.667. The van der Waals surface area contributed by atoms with Gasteiger partial charge in [0.15, 0.2) is 0 Å². The number of rotatable bonds is 0. The topological polar surface area (TPSA) is 50.2 Å². The first kappa shape index (κ1) is 9.98. The molecule has 0 aromatic heterocycles. The van der Waals surface area contributed by atoms with Gasteiger partial charge in [-0.2, -0.15) is 0 Å². The molecule has 0 radical (unpaired) electrons. The van der Waals surface area contributed by atoms with Crippen LogP contribution in [0.25, 0.3) is 0 Å². The zero-order chi connectivity index (χ0) is 5.15. The van der Waals surface area contributed by atoms with Gasteiger partial charge >= 0.3 is 18.9 Å². The van der Waals surface area contributed by atoms with Crippen LogP contribution in [0.4, 0.5) is 0 Å². The summed E-state index contributed by atoms with van der Waals surface area (Å²) in [5.74, 6) is 0. The summed E-state index contributed by atoms with van der Waals surface area (Å²) in [6, 6.07) is -0.657. The Morgan fingerprint density at radius 1 is 1.57 bits per heavy atom. The quantitative estimate of drug-likeness (QED) is 0.188. The van der Waals surface area contributed by atoms with Gasteiger partial charge in [-0.3, -0.25) is 5.41 Å². The van der Waals surface area contributed by atoms with Gasteiger partial charge in [-0.15, -0.1) is 0 Å². The normalized spacial score (nSPS) is 6.57. The Morgan fingerprint density at radius 3 is 1.71 bits per heavy atom. The Labute approximate surface area is 55.0 Å². The zero-order valence-corrected chi connectivity index (χ0v) is 4.86. The van der Waals surface area contributed by atoms with Gasteiger partial charge in [-0.25, -0.2) is 0 Å². The van der Waals surface area contributed by atoms with E-state index in [4.69, 9.17) is 5.41 Å².